The maximum absolute atomic E-state index is 5.30. The second kappa shape index (κ2) is 4.11. The van der Waals surface area contributed by atoms with Gasteiger partial charge in [0.1, 0.15) is 5.65 Å². The third kappa shape index (κ3) is 1.81. The summed E-state index contributed by atoms with van der Waals surface area (Å²) >= 11 is 3.46. The van der Waals surface area contributed by atoms with Crippen LogP contribution in [0.1, 0.15) is 12.6 Å². The van der Waals surface area contributed by atoms with Gasteiger partial charge < -0.3 is 4.74 Å². The van der Waals surface area contributed by atoms with Crippen LogP contribution in [0.2, 0.25) is 0 Å². The summed E-state index contributed by atoms with van der Waals surface area (Å²) in [4.78, 5) is 4.42. The van der Waals surface area contributed by atoms with E-state index in [-0.39, 0.29) is 0 Å². The van der Waals surface area contributed by atoms with E-state index in [1.165, 1.54) is 0 Å². The molecule has 0 unspecified atom stereocenters. The maximum Gasteiger partial charge on any atom is 0.137 e. The van der Waals surface area contributed by atoms with Gasteiger partial charge in [-0.3, -0.25) is 4.40 Å². The second-order valence-electron chi connectivity index (χ2n) is 2.95. The molecular weight excluding hydrogens is 244 g/mol. The molecule has 3 nitrogen and oxygen atoms in total. The van der Waals surface area contributed by atoms with E-state index in [0.717, 1.165) is 22.6 Å². The average Bonchev–Trinajstić information content (AvgIpc) is 2.59. The molecule has 0 aliphatic heterocycles. The minimum atomic E-state index is 0.574. The monoisotopic (exact) mass is 254 g/mol. The molecule has 0 bridgehead atoms. The summed E-state index contributed by atoms with van der Waals surface area (Å²) in [5.74, 6) is 0. The fourth-order valence-corrected chi connectivity index (χ4v) is 1.74. The van der Waals surface area contributed by atoms with Crippen molar-refractivity contribution in [2.24, 2.45) is 0 Å². The average molecular weight is 255 g/mol. The normalized spacial score (nSPS) is 11.0. The van der Waals surface area contributed by atoms with Gasteiger partial charge >= 0.3 is 0 Å². The quantitative estimate of drug-likeness (QED) is 0.788. The minimum Gasteiger partial charge on any atom is -0.375 e. The fourth-order valence-electron chi connectivity index (χ4n) is 1.30. The number of halogens is 1. The first-order chi connectivity index (χ1) is 6.81. The van der Waals surface area contributed by atoms with Gasteiger partial charge in [-0.05, 0) is 35.0 Å². The number of imidazole rings is 1. The number of aromatic nitrogens is 2. The van der Waals surface area contributed by atoms with Gasteiger partial charge in [0.15, 0.2) is 0 Å². The Morgan fingerprint density at radius 1 is 1.50 bits per heavy atom. The largest absolute Gasteiger partial charge is 0.375 e. The highest BCUT2D eigenvalue weighted by atomic mass is 79.9. The van der Waals surface area contributed by atoms with E-state index in [1.54, 1.807) is 0 Å². The number of ether oxygens (including phenoxy) is 1. The molecule has 0 N–H and O–H groups in total. The Bertz CT molecular complexity index is 439. The summed E-state index contributed by atoms with van der Waals surface area (Å²) < 4.78 is 8.30. The number of pyridine rings is 1. The zero-order valence-corrected chi connectivity index (χ0v) is 9.49. The third-order valence-electron chi connectivity index (χ3n) is 1.95. The molecular formula is C10H11BrN2O. The lowest BCUT2D eigenvalue weighted by molar-refractivity contribution is 0.131. The van der Waals surface area contributed by atoms with E-state index < -0.39 is 0 Å². The van der Waals surface area contributed by atoms with Gasteiger partial charge in [0, 0.05) is 12.8 Å². The van der Waals surface area contributed by atoms with Crippen molar-refractivity contribution in [3.63, 3.8) is 0 Å². The molecule has 0 amide bonds. The molecule has 4 heteroatoms. The highest BCUT2D eigenvalue weighted by Crippen LogP contribution is 2.14. The molecule has 0 saturated heterocycles. The van der Waals surface area contributed by atoms with E-state index in [1.807, 2.05) is 35.7 Å². The van der Waals surface area contributed by atoms with Gasteiger partial charge in [0.2, 0.25) is 0 Å². The van der Waals surface area contributed by atoms with Crippen molar-refractivity contribution in [1.82, 2.24) is 9.38 Å². The standard InChI is InChI=1S/C10H11BrN2O/c1-2-14-7-8-6-13-9(11)4-3-5-10(13)12-8/h3-6H,2,7H2,1H3. The molecule has 2 heterocycles. The summed E-state index contributed by atoms with van der Waals surface area (Å²) in [7, 11) is 0. The summed E-state index contributed by atoms with van der Waals surface area (Å²) in [5.41, 5.74) is 1.90. The molecule has 74 valence electrons. The van der Waals surface area contributed by atoms with Crippen LogP contribution >= 0.6 is 15.9 Å². The van der Waals surface area contributed by atoms with Crippen molar-refractivity contribution in [3.8, 4) is 0 Å². The SMILES string of the molecule is CCOCc1cn2c(Br)cccc2n1. The molecule has 0 spiro atoms. The number of hydrogen-bond donors (Lipinski definition) is 0. The van der Waals surface area contributed by atoms with Crippen LogP contribution in [0.3, 0.4) is 0 Å². The Labute approximate surface area is 90.8 Å². The van der Waals surface area contributed by atoms with Crippen molar-refractivity contribution in [3.05, 3.63) is 34.7 Å². The van der Waals surface area contributed by atoms with Crippen LogP contribution in [0, 0.1) is 0 Å². The van der Waals surface area contributed by atoms with Gasteiger partial charge in [0.05, 0.1) is 16.9 Å². The second-order valence-corrected chi connectivity index (χ2v) is 3.76. The van der Waals surface area contributed by atoms with E-state index in [0.29, 0.717) is 6.61 Å². The van der Waals surface area contributed by atoms with Crippen molar-refractivity contribution in [2.45, 2.75) is 13.5 Å². The zero-order valence-electron chi connectivity index (χ0n) is 7.90. The molecule has 0 aliphatic carbocycles. The topological polar surface area (TPSA) is 26.5 Å². The first-order valence-electron chi connectivity index (χ1n) is 4.51. The summed E-state index contributed by atoms with van der Waals surface area (Å²) in [6, 6.07) is 5.93. The lowest BCUT2D eigenvalue weighted by atomic mass is 10.5. The number of nitrogens with zero attached hydrogens (tertiary/aromatic N) is 2. The lowest BCUT2D eigenvalue weighted by Gasteiger charge is -1.94. The van der Waals surface area contributed by atoms with E-state index in [4.69, 9.17) is 4.74 Å². The molecule has 14 heavy (non-hydrogen) atoms. The van der Waals surface area contributed by atoms with Crippen LogP contribution < -0.4 is 0 Å². The fraction of sp³-hybridized carbons (Fsp3) is 0.300. The molecule has 0 fully saturated rings. The first-order valence-corrected chi connectivity index (χ1v) is 5.31. The van der Waals surface area contributed by atoms with Crippen molar-refractivity contribution >= 4 is 21.6 Å². The van der Waals surface area contributed by atoms with Crippen LogP contribution in [-0.2, 0) is 11.3 Å². The van der Waals surface area contributed by atoms with Crippen molar-refractivity contribution in [1.29, 1.82) is 0 Å². The third-order valence-corrected chi connectivity index (χ3v) is 2.59. The number of rotatable bonds is 3. The van der Waals surface area contributed by atoms with Gasteiger partial charge in [-0.15, -0.1) is 0 Å². The smallest absolute Gasteiger partial charge is 0.137 e. The molecule has 2 rings (SSSR count). The van der Waals surface area contributed by atoms with Crippen LogP contribution in [0.5, 0.6) is 0 Å². The summed E-state index contributed by atoms with van der Waals surface area (Å²) in [5, 5.41) is 0. The predicted octanol–water partition coefficient (Wildman–Crippen LogP) is 2.63. The molecule has 0 aliphatic rings. The van der Waals surface area contributed by atoms with Crippen molar-refractivity contribution < 1.29 is 4.74 Å². The highest BCUT2D eigenvalue weighted by molar-refractivity contribution is 9.10. The van der Waals surface area contributed by atoms with Crippen LogP contribution in [0.4, 0.5) is 0 Å². The Morgan fingerprint density at radius 2 is 2.36 bits per heavy atom. The maximum atomic E-state index is 5.30. The van der Waals surface area contributed by atoms with Crippen LogP contribution in [0.25, 0.3) is 5.65 Å². The van der Waals surface area contributed by atoms with E-state index in [2.05, 4.69) is 20.9 Å². The van der Waals surface area contributed by atoms with E-state index in [9.17, 15) is 0 Å². The molecule has 0 saturated carbocycles. The Hall–Kier alpha value is -0.870. The molecule has 0 aromatic carbocycles. The van der Waals surface area contributed by atoms with Gasteiger partial charge in [-0.1, -0.05) is 6.07 Å². The Morgan fingerprint density at radius 3 is 3.07 bits per heavy atom. The summed E-state index contributed by atoms with van der Waals surface area (Å²) in [6.07, 6.45) is 1.98. The molecule has 2 aromatic heterocycles. The molecule has 2 aromatic rings. The first kappa shape index (κ1) is 9.68. The highest BCUT2D eigenvalue weighted by Gasteiger charge is 2.02. The zero-order chi connectivity index (χ0) is 9.97. The predicted molar refractivity (Wildman–Crippen MR) is 58.2 cm³/mol. The van der Waals surface area contributed by atoms with Crippen LogP contribution in [-0.4, -0.2) is 16.0 Å². The number of hydrogen-bond acceptors (Lipinski definition) is 2. The lowest BCUT2D eigenvalue weighted by Crippen LogP contribution is -1.90. The van der Waals surface area contributed by atoms with Gasteiger partial charge in [-0.25, -0.2) is 4.98 Å². The van der Waals surface area contributed by atoms with Crippen molar-refractivity contribution in [2.75, 3.05) is 6.61 Å². The minimum absolute atomic E-state index is 0.574. The number of fused-ring (bicyclic) bond motifs is 1. The van der Waals surface area contributed by atoms with E-state index >= 15 is 0 Å². The molecule has 0 atom stereocenters. The summed E-state index contributed by atoms with van der Waals surface area (Å²) in [6.45, 7) is 3.27. The van der Waals surface area contributed by atoms with Gasteiger partial charge in [0.25, 0.3) is 0 Å². The van der Waals surface area contributed by atoms with Crippen LogP contribution in [0.15, 0.2) is 29.0 Å². The Balaban J connectivity index is 2.36. The molecule has 0 radical (unpaired) electrons. The van der Waals surface area contributed by atoms with Gasteiger partial charge in [-0.2, -0.15) is 0 Å². The Kier molecular flexibility index (Phi) is 2.84.